The molecule has 2 N–H and O–H groups in total. The fourth-order valence-electron chi connectivity index (χ4n) is 4.87. The van der Waals surface area contributed by atoms with Crippen LogP contribution in [-0.2, 0) is 4.74 Å². The Bertz CT molecular complexity index is 1330. The predicted molar refractivity (Wildman–Crippen MR) is 141 cm³/mol. The molecule has 35 heavy (non-hydrogen) atoms. The highest BCUT2D eigenvalue weighted by atomic mass is 16.6. The van der Waals surface area contributed by atoms with Gasteiger partial charge in [0.1, 0.15) is 16.9 Å². The van der Waals surface area contributed by atoms with Crippen molar-refractivity contribution in [2.45, 2.75) is 71.1 Å². The number of anilines is 1. The number of rotatable bonds is 4. The number of aromatic nitrogens is 1. The van der Waals surface area contributed by atoms with E-state index in [0.29, 0.717) is 6.04 Å². The van der Waals surface area contributed by atoms with Crippen LogP contribution in [0.3, 0.4) is 0 Å². The average Bonchev–Trinajstić information content (AvgIpc) is 3.23. The number of benzene rings is 2. The van der Waals surface area contributed by atoms with Gasteiger partial charge in [-0.25, -0.2) is 4.79 Å². The Labute approximate surface area is 206 Å². The highest BCUT2D eigenvalue weighted by Gasteiger charge is 2.25. The minimum absolute atomic E-state index is 0.159. The number of alkyl carbamates (subject to hydrolysis) is 1. The molecule has 0 saturated heterocycles. The van der Waals surface area contributed by atoms with Crippen molar-refractivity contribution in [1.82, 2.24) is 10.3 Å². The Morgan fingerprint density at radius 2 is 1.74 bits per heavy atom. The van der Waals surface area contributed by atoms with Crippen molar-refractivity contribution in [3.05, 3.63) is 60.4 Å². The lowest BCUT2D eigenvalue weighted by Crippen LogP contribution is -2.42. The summed E-state index contributed by atoms with van der Waals surface area (Å²) < 4.78 is 11.6. The Morgan fingerprint density at radius 3 is 2.49 bits per heavy atom. The van der Waals surface area contributed by atoms with E-state index in [9.17, 15) is 4.79 Å². The molecule has 2 aromatic heterocycles. The minimum atomic E-state index is -0.479. The Balaban J connectivity index is 1.32. The molecule has 4 aromatic rings. The molecule has 1 aliphatic carbocycles. The van der Waals surface area contributed by atoms with E-state index in [4.69, 9.17) is 9.15 Å². The number of nitrogens with one attached hydrogen (secondary N) is 2. The van der Waals surface area contributed by atoms with Crippen molar-refractivity contribution in [2.75, 3.05) is 5.32 Å². The van der Waals surface area contributed by atoms with E-state index in [1.165, 1.54) is 5.56 Å². The summed E-state index contributed by atoms with van der Waals surface area (Å²) in [5, 5.41) is 10.1. The van der Waals surface area contributed by atoms with Crippen LogP contribution in [0.25, 0.3) is 33.1 Å². The molecule has 2 aromatic carbocycles. The summed E-state index contributed by atoms with van der Waals surface area (Å²) in [6.45, 7) is 7.78. The number of ether oxygens (including phenoxy) is 1. The summed E-state index contributed by atoms with van der Waals surface area (Å²) in [5.74, 6) is 0.827. The Hall–Kier alpha value is -3.54. The zero-order valence-electron chi connectivity index (χ0n) is 20.9. The van der Waals surface area contributed by atoms with E-state index in [-0.39, 0.29) is 12.1 Å². The van der Waals surface area contributed by atoms with Crippen LogP contribution in [0.15, 0.2) is 59.3 Å². The lowest BCUT2D eigenvalue weighted by atomic mass is 9.90. The number of fused-ring (bicyclic) bond motifs is 2. The van der Waals surface area contributed by atoms with Gasteiger partial charge >= 0.3 is 6.09 Å². The largest absolute Gasteiger partial charge is 0.456 e. The standard InChI is InChI=1S/C29H33N3O3/c1-18-13-20-16-30-17-24(27-14-19-7-5-6-8-26(19)34-27)23(20)15-25(18)31-21-9-11-22(12-10-21)32-28(33)35-29(2,3)4/h5-8,13-17,21-22,31H,9-12H2,1-4H3,(H,32,33). The molecule has 182 valence electrons. The first-order chi connectivity index (χ1) is 16.7. The maximum absolute atomic E-state index is 12.1. The van der Waals surface area contributed by atoms with Crippen LogP contribution in [0.1, 0.15) is 52.0 Å². The summed E-state index contributed by atoms with van der Waals surface area (Å²) in [6.07, 6.45) is 7.30. The molecule has 1 fully saturated rings. The molecule has 0 unspecified atom stereocenters. The molecule has 5 rings (SSSR count). The van der Waals surface area contributed by atoms with Crippen LogP contribution in [0.2, 0.25) is 0 Å². The lowest BCUT2D eigenvalue weighted by molar-refractivity contribution is 0.0492. The van der Waals surface area contributed by atoms with Gasteiger partial charge in [-0.3, -0.25) is 4.98 Å². The highest BCUT2D eigenvalue weighted by Crippen LogP contribution is 2.35. The number of nitrogens with zero attached hydrogens (tertiary/aromatic N) is 1. The van der Waals surface area contributed by atoms with Crippen molar-refractivity contribution in [1.29, 1.82) is 0 Å². The molecular weight excluding hydrogens is 438 g/mol. The van der Waals surface area contributed by atoms with Gasteiger partial charge in [-0.15, -0.1) is 0 Å². The van der Waals surface area contributed by atoms with E-state index in [2.05, 4.69) is 46.8 Å². The van der Waals surface area contributed by atoms with Gasteiger partial charge in [0.15, 0.2) is 0 Å². The van der Waals surface area contributed by atoms with Crippen LogP contribution >= 0.6 is 0 Å². The van der Waals surface area contributed by atoms with Gasteiger partial charge in [0.2, 0.25) is 0 Å². The van der Waals surface area contributed by atoms with E-state index in [0.717, 1.165) is 64.4 Å². The molecule has 6 nitrogen and oxygen atoms in total. The molecule has 1 saturated carbocycles. The van der Waals surface area contributed by atoms with Gasteiger partial charge in [0.25, 0.3) is 0 Å². The molecule has 0 spiro atoms. The molecule has 1 amide bonds. The maximum Gasteiger partial charge on any atom is 0.407 e. The molecule has 6 heteroatoms. The first kappa shape index (κ1) is 23.2. The molecule has 1 aliphatic rings. The monoisotopic (exact) mass is 471 g/mol. The second kappa shape index (κ2) is 9.25. The van der Waals surface area contributed by atoms with Crippen LogP contribution < -0.4 is 10.6 Å². The number of carbonyl (C=O) groups is 1. The topological polar surface area (TPSA) is 76.4 Å². The summed E-state index contributed by atoms with van der Waals surface area (Å²) in [7, 11) is 0. The van der Waals surface area contributed by atoms with E-state index >= 15 is 0 Å². The Kier molecular flexibility index (Phi) is 6.13. The average molecular weight is 472 g/mol. The number of amides is 1. The predicted octanol–water partition coefficient (Wildman–Crippen LogP) is 7.20. The van der Waals surface area contributed by atoms with Crippen LogP contribution in [0, 0.1) is 6.92 Å². The van der Waals surface area contributed by atoms with Crippen LogP contribution in [0.4, 0.5) is 10.5 Å². The van der Waals surface area contributed by atoms with Crippen LogP contribution in [0.5, 0.6) is 0 Å². The van der Waals surface area contributed by atoms with Crippen molar-refractivity contribution >= 4 is 33.5 Å². The molecule has 0 bridgehead atoms. The summed E-state index contributed by atoms with van der Waals surface area (Å²) in [6, 6.07) is 15.1. The van der Waals surface area contributed by atoms with E-state index in [1.54, 1.807) is 0 Å². The first-order valence-electron chi connectivity index (χ1n) is 12.4. The lowest BCUT2D eigenvalue weighted by Gasteiger charge is -2.31. The van der Waals surface area contributed by atoms with Gasteiger partial charge in [-0.05, 0) is 88.6 Å². The fourth-order valence-corrected chi connectivity index (χ4v) is 4.87. The second-order valence-corrected chi connectivity index (χ2v) is 10.6. The minimum Gasteiger partial charge on any atom is -0.456 e. The number of aryl methyl sites for hydroxylation is 1. The van der Waals surface area contributed by atoms with Crippen molar-refractivity contribution in [3.8, 4) is 11.3 Å². The summed E-state index contributed by atoms with van der Waals surface area (Å²) in [4.78, 5) is 16.6. The zero-order valence-corrected chi connectivity index (χ0v) is 20.9. The SMILES string of the molecule is Cc1cc2cncc(-c3cc4ccccc4o3)c2cc1NC1CCC(NC(=O)OC(C)(C)C)CC1. The van der Waals surface area contributed by atoms with Gasteiger partial charge < -0.3 is 19.8 Å². The third-order valence-corrected chi connectivity index (χ3v) is 6.60. The van der Waals surface area contributed by atoms with Gasteiger partial charge in [-0.2, -0.15) is 0 Å². The Morgan fingerprint density at radius 1 is 1.00 bits per heavy atom. The van der Waals surface area contributed by atoms with Crippen LogP contribution in [-0.4, -0.2) is 28.8 Å². The molecular formula is C29H33N3O3. The van der Waals surface area contributed by atoms with Crippen molar-refractivity contribution in [3.63, 3.8) is 0 Å². The summed E-state index contributed by atoms with van der Waals surface area (Å²) in [5.41, 5.74) is 3.71. The van der Waals surface area contributed by atoms with Crippen molar-refractivity contribution in [2.24, 2.45) is 0 Å². The van der Waals surface area contributed by atoms with E-state index in [1.807, 2.05) is 51.4 Å². The van der Waals surface area contributed by atoms with Gasteiger partial charge in [-0.1, -0.05) is 18.2 Å². The number of hydrogen-bond donors (Lipinski definition) is 2. The first-order valence-corrected chi connectivity index (χ1v) is 12.4. The molecule has 0 aliphatic heterocycles. The molecule has 0 atom stereocenters. The normalized spacial score (nSPS) is 18.5. The smallest absolute Gasteiger partial charge is 0.407 e. The number of carbonyl (C=O) groups excluding carboxylic acids is 1. The molecule has 2 heterocycles. The molecule has 0 radical (unpaired) electrons. The zero-order chi connectivity index (χ0) is 24.6. The summed E-state index contributed by atoms with van der Waals surface area (Å²) >= 11 is 0. The number of hydrogen-bond acceptors (Lipinski definition) is 5. The quantitative estimate of drug-likeness (QED) is 0.329. The third kappa shape index (κ3) is 5.26. The number of para-hydroxylation sites is 1. The second-order valence-electron chi connectivity index (χ2n) is 10.6. The van der Waals surface area contributed by atoms with Gasteiger partial charge in [0, 0.05) is 46.5 Å². The van der Waals surface area contributed by atoms with Crippen molar-refractivity contribution < 1.29 is 13.9 Å². The maximum atomic E-state index is 12.1. The van der Waals surface area contributed by atoms with Gasteiger partial charge in [0.05, 0.1) is 0 Å². The highest BCUT2D eigenvalue weighted by molar-refractivity contribution is 5.99. The number of furan rings is 1. The third-order valence-electron chi connectivity index (χ3n) is 6.60. The fraction of sp³-hybridized carbons (Fsp3) is 0.379. The van der Waals surface area contributed by atoms with E-state index < -0.39 is 5.60 Å². The number of pyridine rings is 1.